The molecule has 1 radical (unpaired) electrons. The summed E-state index contributed by atoms with van der Waals surface area (Å²) in [5.74, 6) is -0.229. The Morgan fingerprint density at radius 3 is 2.45 bits per heavy atom. The first-order valence-electron chi connectivity index (χ1n) is 3.40. The van der Waals surface area contributed by atoms with Crippen molar-refractivity contribution in [3.63, 3.8) is 0 Å². The second-order valence-electron chi connectivity index (χ2n) is 2.52. The highest BCUT2D eigenvalue weighted by Crippen LogP contribution is 2.07. The molecule has 0 bridgehead atoms. The van der Waals surface area contributed by atoms with Crippen LogP contribution in [0.25, 0.3) is 0 Å². The van der Waals surface area contributed by atoms with Gasteiger partial charge in [0.2, 0.25) is 0 Å². The van der Waals surface area contributed by atoms with Gasteiger partial charge in [-0.3, -0.25) is 0 Å². The molecule has 0 saturated carbocycles. The second-order valence-corrected chi connectivity index (χ2v) is 2.52. The lowest BCUT2D eigenvalue weighted by atomic mass is 9.83. The average Bonchev–Trinajstić information content (AvgIpc) is 2.01. The molecule has 57 valence electrons. The van der Waals surface area contributed by atoms with Gasteiger partial charge in [-0.05, 0) is 31.0 Å². The molecule has 3 heteroatoms. The molecule has 1 rings (SSSR count). The fraction of sp³-hybridized carbons (Fsp3) is 0.250. The Labute approximate surface area is 66.1 Å². The Hall–Kier alpha value is -0.825. The van der Waals surface area contributed by atoms with E-state index in [1.54, 1.807) is 19.9 Å². The summed E-state index contributed by atoms with van der Waals surface area (Å²) in [5.41, 5.74) is 2.05. The predicted molar refractivity (Wildman–Crippen MR) is 43.5 cm³/mol. The lowest BCUT2D eigenvalue weighted by Gasteiger charge is -2.05. The van der Waals surface area contributed by atoms with Crippen LogP contribution in [0.15, 0.2) is 12.1 Å². The largest absolute Gasteiger partial charge is 0.450 e. The van der Waals surface area contributed by atoms with Crippen molar-refractivity contribution >= 4 is 12.9 Å². The lowest BCUT2D eigenvalue weighted by Crippen LogP contribution is -2.18. The summed E-state index contributed by atoms with van der Waals surface area (Å²) in [6.45, 7) is 3.47. The van der Waals surface area contributed by atoms with Crippen LogP contribution >= 0.6 is 0 Å². The molecule has 0 aliphatic carbocycles. The van der Waals surface area contributed by atoms with E-state index in [0.717, 1.165) is 13.0 Å². The van der Waals surface area contributed by atoms with Crippen LogP contribution in [0.5, 0.6) is 0 Å². The van der Waals surface area contributed by atoms with E-state index >= 15 is 0 Å². The highest BCUT2D eigenvalue weighted by molar-refractivity contribution is 6.46. The molecule has 0 saturated heterocycles. The Morgan fingerprint density at radius 1 is 1.27 bits per heavy atom. The molecular formula is C8H9BFO. The zero-order valence-corrected chi connectivity index (χ0v) is 6.56. The fourth-order valence-electron chi connectivity index (χ4n) is 0.948. The molecule has 1 aromatic carbocycles. The Kier molecular flexibility index (Phi) is 2.30. The third-order valence-electron chi connectivity index (χ3n) is 1.90. The van der Waals surface area contributed by atoms with E-state index in [0.29, 0.717) is 11.0 Å². The van der Waals surface area contributed by atoms with Crippen molar-refractivity contribution in [1.82, 2.24) is 0 Å². The van der Waals surface area contributed by atoms with Crippen molar-refractivity contribution in [2.75, 3.05) is 0 Å². The standard InChI is InChI=1S/C8H9BFO/c1-5-6(2)8(10)4-3-7(5)9-11/h3-4,11H,1-2H3. The molecule has 0 atom stereocenters. The maximum Gasteiger partial charge on any atom is 0.327 e. The van der Waals surface area contributed by atoms with Crippen LogP contribution in [0, 0.1) is 19.7 Å². The molecule has 0 aromatic heterocycles. The zero-order valence-electron chi connectivity index (χ0n) is 6.56. The third kappa shape index (κ3) is 1.43. The fourth-order valence-corrected chi connectivity index (χ4v) is 0.948. The summed E-state index contributed by atoms with van der Waals surface area (Å²) in [7, 11) is 0.988. The smallest absolute Gasteiger partial charge is 0.327 e. The summed E-state index contributed by atoms with van der Waals surface area (Å²) in [6.07, 6.45) is 0. The second kappa shape index (κ2) is 3.05. The summed E-state index contributed by atoms with van der Waals surface area (Å²) in [5, 5.41) is 8.69. The Balaban J connectivity index is 3.25. The van der Waals surface area contributed by atoms with Crippen LogP contribution in [-0.4, -0.2) is 12.5 Å². The number of hydrogen-bond donors (Lipinski definition) is 1. The minimum atomic E-state index is -0.229. The van der Waals surface area contributed by atoms with Crippen molar-refractivity contribution < 1.29 is 9.41 Å². The van der Waals surface area contributed by atoms with E-state index in [1.165, 1.54) is 6.07 Å². The van der Waals surface area contributed by atoms with Gasteiger partial charge in [0.05, 0.1) is 0 Å². The van der Waals surface area contributed by atoms with Crippen molar-refractivity contribution in [3.05, 3.63) is 29.1 Å². The van der Waals surface area contributed by atoms with Gasteiger partial charge in [-0.15, -0.1) is 0 Å². The highest BCUT2D eigenvalue weighted by Gasteiger charge is 2.04. The molecule has 0 aliphatic heterocycles. The van der Waals surface area contributed by atoms with Gasteiger partial charge in [-0.1, -0.05) is 11.5 Å². The molecule has 1 aromatic rings. The molecule has 0 spiro atoms. The molecule has 1 N–H and O–H groups in total. The molecular weight excluding hydrogens is 142 g/mol. The normalized spacial score (nSPS) is 9.82. The van der Waals surface area contributed by atoms with Gasteiger partial charge >= 0.3 is 7.48 Å². The van der Waals surface area contributed by atoms with E-state index in [1.807, 2.05) is 0 Å². The van der Waals surface area contributed by atoms with Gasteiger partial charge in [-0.2, -0.15) is 0 Å². The van der Waals surface area contributed by atoms with Gasteiger partial charge in [0, 0.05) is 0 Å². The zero-order chi connectivity index (χ0) is 8.43. The highest BCUT2D eigenvalue weighted by atomic mass is 19.1. The van der Waals surface area contributed by atoms with Gasteiger partial charge in [0.25, 0.3) is 0 Å². The van der Waals surface area contributed by atoms with Crippen LogP contribution in [0.4, 0.5) is 4.39 Å². The maximum absolute atomic E-state index is 12.8. The van der Waals surface area contributed by atoms with Crippen molar-refractivity contribution in [3.8, 4) is 0 Å². The molecule has 0 fully saturated rings. The van der Waals surface area contributed by atoms with Gasteiger partial charge in [0.15, 0.2) is 0 Å². The molecule has 0 amide bonds. The van der Waals surface area contributed by atoms with E-state index in [9.17, 15) is 4.39 Å². The number of hydrogen-bond acceptors (Lipinski definition) is 1. The first-order chi connectivity index (χ1) is 5.16. The van der Waals surface area contributed by atoms with Crippen LogP contribution in [-0.2, 0) is 0 Å². The minimum absolute atomic E-state index is 0.229. The van der Waals surface area contributed by atoms with Crippen LogP contribution in [0.3, 0.4) is 0 Å². The van der Waals surface area contributed by atoms with Crippen molar-refractivity contribution in [2.24, 2.45) is 0 Å². The van der Waals surface area contributed by atoms with Crippen LogP contribution < -0.4 is 5.46 Å². The Morgan fingerprint density at radius 2 is 1.91 bits per heavy atom. The van der Waals surface area contributed by atoms with Crippen molar-refractivity contribution in [1.29, 1.82) is 0 Å². The summed E-state index contributed by atoms with van der Waals surface area (Å²) < 4.78 is 12.8. The first kappa shape index (κ1) is 8.27. The molecule has 0 heterocycles. The van der Waals surface area contributed by atoms with E-state index in [-0.39, 0.29) is 5.82 Å². The first-order valence-corrected chi connectivity index (χ1v) is 3.40. The quantitative estimate of drug-likeness (QED) is 0.585. The van der Waals surface area contributed by atoms with Gasteiger partial charge < -0.3 is 5.02 Å². The van der Waals surface area contributed by atoms with E-state index in [2.05, 4.69) is 0 Å². The number of halogens is 1. The van der Waals surface area contributed by atoms with Gasteiger partial charge in [0.1, 0.15) is 5.82 Å². The molecule has 0 unspecified atom stereocenters. The third-order valence-corrected chi connectivity index (χ3v) is 1.90. The minimum Gasteiger partial charge on any atom is -0.450 e. The van der Waals surface area contributed by atoms with E-state index in [4.69, 9.17) is 5.02 Å². The monoisotopic (exact) mass is 151 g/mol. The summed E-state index contributed by atoms with van der Waals surface area (Å²) >= 11 is 0. The Bertz CT molecular complexity index is 273. The van der Waals surface area contributed by atoms with Crippen LogP contribution in [0.2, 0.25) is 0 Å². The summed E-state index contributed by atoms with van der Waals surface area (Å²) in [6, 6.07) is 2.90. The average molecular weight is 151 g/mol. The van der Waals surface area contributed by atoms with E-state index < -0.39 is 0 Å². The lowest BCUT2D eigenvalue weighted by molar-refractivity contribution is 0.611. The van der Waals surface area contributed by atoms with Gasteiger partial charge in [-0.25, -0.2) is 4.39 Å². The molecule has 1 nitrogen and oxygen atoms in total. The number of benzene rings is 1. The predicted octanol–water partition coefficient (Wildman–Crippen LogP) is 0.679. The molecule has 11 heavy (non-hydrogen) atoms. The molecule has 0 aliphatic rings. The maximum atomic E-state index is 12.8. The SMILES string of the molecule is Cc1c(F)ccc([B]O)c1C. The summed E-state index contributed by atoms with van der Waals surface area (Å²) in [4.78, 5) is 0. The van der Waals surface area contributed by atoms with Crippen molar-refractivity contribution in [2.45, 2.75) is 13.8 Å². The van der Waals surface area contributed by atoms with Crippen LogP contribution in [0.1, 0.15) is 11.1 Å². The topological polar surface area (TPSA) is 20.2 Å². The number of rotatable bonds is 1.